The van der Waals surface area contributed by atoms with Crippen LogP contribution in [0.4, 0.5) is 11.4 Å². The van der Waals surface area contributed by atoms with Gasteiger partial charge in [0.2, 0.25) is 5.91 Å². The van der Waals surface area contributed by atoms with E-state index in [0.29, 0.717) is 12.1 Å². The number of hydrogen-bond acceptors (Lipinski definition) is 4. The first-order valence-electron chi connectivity index (χ1n) is 5.74. The molecule has 0 saturated heterocycles. The largest absolute Gasteiger partial charge is 0.376 e. The van der Waals surface area contributed by atoms with Crippen LogP contribution in [-0.2, 0) is 4.79 Å². The van der Waals surface area contributed by atoms with Crippen LogP contribution >= 0.6 is 0 Å². The highest BCUT2D eigenvalue weighted by atomic mass is 16.2. The average molecular weight is 236 g/mol. The molecule has 0 spiro atoms. The van der Waals surface area contributed by atoms with Gasteiger partial charge in [-0.2, -0.15) is 0 Å². The molecule has 5 heteroatoms. The summed E-state index contributed by atoms with van der Waals surface area (Å²) in [5, 5.41) is 2.81. The lowest BCUT2D eigenvalue weighted by Gasteiger charge is -2.18. The van der Waals surface area contributed by atoms with Gasteiger partial charge in [0.15, 0.2) is 0 Å². The van der Waals surface area contributed by atoms with E-state index in [1.165, 1.54) is 0 Å². The molecule has 5 nitrogen and oxygen atoms in total. The van der Waals surface area contributed by atoms with Crippen molar-refractivity contribution in [1.82, 2.24) is 4.98 Å². The topological polar surface area (TPSA) is 71.2 Å². The zero-order valence-electron chi connectivity index (χ0n) is 10.6. The van der Waals surface area contributed by atoms with Gasteiger partial charge in [0.25, 0.3) is 0 Å². The van der Waals surface area contributed by atoms with Crippen molar-refractivity contribution in [2.45, 2.75) is 25.8 Å². The zero-order chi connectivity index (χ0) is 12.8. The van der Waals surface area contributed by atoms with Gasteiger partial charge in [-0.25, -0.2) is 0 Å². The molecule has 1 rings (SSSR count). The standard InChI is InChI=1S/C12H20N4O/c1-4-5-9(13)12(17)15-10-8-14-7-6-11(10)16(2)3/h6-9H,4-5,13H2,1-3H3,(H,15,17)/t9-/m1/s1. The van der Waals surface area contributed by atoms with Gasteiger partial charge < -0.3 is 16.0 Å². The Balaban J connectivity index is 2.77. The monoisotopic (exact) mass is 236 g/mol. The number of nitrogens with two attached hydrogens (primary N) is 1. The number of amides is 1. The van der Waals surface area contributed by atoms with Crippen molar-refractivity contribution in [3.63, 3.8) is 0 Å². The minimum atomic E-state index is -0.463. The molecule has 0 aliphatic rings. The zero-order valence-corrected chi connectivity index (χ0v) is 10.6. The van der Waals surface area contributed by atoms with Crippen molar-refractivity contribution in [3.05, 3.63) is 18.5 Å². The van der Waals surface area contributed by atoms with Crippen LogP contribution < -0.4 is 16.0 Å². The number of hydrogen-bond donors (Lipinski definition) is 2. The third kappa shape index (κ3) is 3.71. The maximum absolute atomic E-state index is 11.8. The number of pyridine rings is 1. The van der Waals surface area contributed by atoms with Gasteiger partial charge in [0, 0.05) is 20.3 Å². The maximum atomic E-state index is 11.8. The van der Waals surface area contributed by atoms with Crippen molar-refractivity contribution in [2.75, 3.05) is 24.3 Å². The van der Waals surface area contributed by atoms with E-state index in [9.17, 15) is 4.79 Å². The molecule has 1 aromatic rings. The van der Waals surface area contributed by atoms with Crippen molar-refractivity contribution in [1.29, 1.82) is 0 Å². The number of aromatic nitrogens is 1. The lowest BCUT2D eigenvalue weighted by molar-refractivity contribution is -0.117. The third-order valence-electron chi connectivity index (χ3n) is 2.47. The van der Waals surface area contributed by atoms with E-state index in [2.05, 4.69) is 10.3 Å². The number of carbonyl (C=O) groups excluding carboxylic acids is 1. The maximum Gasteiger partial charge on any atom is 0.241 e. The predicted molar refractivity (Wildman–Crippen MR) is 70.1 cm³/mol. The predicted octanol–water partition coefficient (Wildman–Crippen LogP) is 1.21. The Kier molecular flexibility index (Phi) is 4.90. The molecule has 0 saturated carbocycles. The Bertz CT molecular complexity index is 379. The highest BCUT2D eigenvalue weighted by molar-refractivity contribution is 5.97. The summed E-state index contributed by atoms with van der Waals surface area (Å²) in [7, 11) is 3.83. The summed E-state index contributed by atoms with van der Waals surface area (Å²) in [6, 6.07) is 1.39. The molecular weight excluding hydrogens is 216 g/mol. The first-order valence-corrected chi connectivity index (χ1v) is 5.74. The summed E-state index contributed by atoms with van der Waals surface area (Å²) in [5.41, 5.74) is 7.36. The summed E-state index contributed by atoms with van der Waals surface area (Å²) >= 11 is 0. The summed E-state index contributed by atoms with van der Waals surface area (Å²) < 4.78 is 0. The molecule has 1 amide bonds. The molecule has 1 heterocycles. The molecule has 0 aliphatic heterocycles. The van der Waals surface area contributed by atoms with Gasteiger partial charge >= 0.3 is 0 Å². The van der Waals surface area contributed by atoms with E-state index in [4.69, 9.17) is 5.73 Å². The van der Waals surface area contributed by atoms with E-state index in [1.54, 1.807) is 12.4 Å². The Labute approximate surface area is 102 Å². The summed E-state index contributed by atoms with van der Waals surface area (Å²) in [4.78, 5) is 17.7. The van der Waals surface area contributed by atoms with Gasteiger partial charge in [-0.15, -0.1) is 0 Å². The van der Waals surface area contributed by atoms with Crippen molar-refractivity contribution in [2.24, 2.45) is 5.73 Å². The second-order valence-electron chi connectivity index (χ2n) is 4.17. The van der Waals surface area contributed by atoms with Gasteiger partial charge in [-0.05, 0) is 12.5 Å². The minimum Gasteiger partial charge on any atom is -0.376 e. The summed E-state index contributed by atoms with van der Waals surface area (Å²) in [6.45, 7) is 2.00. The van der Waals surface area contributed by atoms with Gasteiger partial charge in [-0.3, -0.25) is 9.78 Å². The van der Waals surface area contributed by atoms with Crippen LogP contribution in [0, 0.1) is 0 Å². The molecule has 0 aromatic carbocycles. The lowest BCUT2D eigenvalue weighted by atomic mass is 10.1. The van der Waals surface area contributed by atoms with Crippen LogP contribution in [0.1, 0.15) is 19.8 Å². The Hall–Kier alpha value is -1.62. The van der Waals surface area contributed by atoms with E-state index in [0.717, 1.165) is 12.1 Å². The molecule has 0 unspecified atom stereocenters. The van der Waals surface area contributed by atoms with Crippen LogP contribution in [0.2, 0.25) is 0 Å². The van der Waals surface area contributed by atoms with Crippen LogP contribution in [0.3, 0.4) is 0 Å². The highest BCUT2D eigenvalue weighted by Gasteiger charge is 2.14. The third-order valence-corrected chi connectivity index (χ3v) is 2.47. The van der Waals surface area contributed by atoms with Crippen molar-refractivity contribution < 1.29 is 4.79 Å². The number of rotatable bonds is 5. The quantitative estimate of drug-likeness (QED) is 0.806. The number of nitrogens with zero attached hydrogens (tertiary/aromatic N) is 2. The Morgan fingerprint density at radius 2 is 2.29 bits per heavy atom. The fourth-order valence-corrected chi connectivity index (χ4v) is 1.54. The Morgan fingerprint density at radius 3 is 2.88 bits per heavy atom. The van der Waals surface area contributed by atoms with Crippen molar-refractivity contribution in [3.8, 4) is 0 Å². The number of anilines is 2. The van der Waals surface area contributed by atoms with Crippen LogP contribution in [0.25, 0.3) is 0 Å². The molecule has 0 fully saturated rings. The average Bonchev–Trinajstić information content (AvgIpc) is 2.29. The molecule has 94 valence electrons. The first kappa shape index (κ1) is 13.4. The summed E-state index contributed by atoms with van der Waals surface area (Å²) in [6.07, 6.45) is 4.90. The van der Waals surface area contributed by atoms with Crippen LogP contribution in [-0.4, -0.2) is 31.0 Å². The van der Waals surface area contributed by atoms with Gasteiger partial charge in [0.1, 0.15) is 0 Å². The van der Waals surface area contributed by atoms with Crippen LogP contribution in [0.5, 0.6) is 0 Å². The molecule has 0 radical (unpaired) electrons. The molecule has 3 N–H and O–H groups in total. The van der Waals surface area contributed by atoms with Gasteiger partial charge in [0.05, 0.1) is 23.6 Å². The second-order valence-corrected chi connectivity index (χ2v) is 4.17. The minimum absolute atomic E-state index is 0.164. The van der Waals surface area contributed by atoms with Gasteiger partial charge in [-0.1, -0.05) is 13.3 Å². The lowest BCUT2D eigenvalue weighted by Crippen LogP contribution is -2.35. The molecule has 1 atom stereocenters. The molecule has 0 aliphatic carbocycles. The molecular formula is C12H20N4O. The molecule has 1 aromatic heterocycles. The van der Waals surface area contributed by atoms with E-state index >= 15 is 0 Å². The number of carbonyl (C=O) groups is 1. The first-order chi connectivity index (χ1) is 8.06. The van der Waals surface area contributed by atoms with E-state index < -0.39 is 6.04 Å². The fraction of sp³-hybridized carbons (Fsp3) is 0.500. The Morgan fingerprint density at radius 1 is 1.59 bits per heavy atom. The molecule has 17 heavy (non-hydrogen) atoms. The molecule has 0 bridgehead atoms. The second kappa shape index (κ2) is 6.20. The van der Waals surface area contributed by atoms with Crippen LogP contribution in [0.15, 0.2) is 18.5 Å². The smallest absolute Gasteiger partial charge is 0.241 e. The SMILES string of the molecule is CCC[C@@H](N)C(=O)Nc1cnccc1N(C)C. The fourth-order valence-electron chi connectivity index (χ4n) is 1.54. The summed E-state index contributed by atoms with van der Waals surface area (Å²) in [5.74, 6) is -0.164. The van der Waals surface area contributed by atoms with E-state index in [1.807, 2.05) is 32.0 Å². The van der Waals surface area contributed by atoms with E-state index in [-0.39, 0.29) is 5.91 Å². The van der Waals surface area contributed by atoms with Crippen molar-refractivity contribution >= 4 is 17.3 Å². The number of nitrogens with one attached hydrogen (secondary N) is 1. The highest BCUT2D eigenvalue weighted by Crippen LogP contribution is 2.22. The normalized spacial score (nSPS) is 12.0.